The Balaban J connectivity index is 0.979. The summed E-state index contributed by atoms with van der Waals surface area (Å²) in [6.07, 6.45) is 0. The summed E-state index contributed by atoms with van der Waals surface area (Å²) in [5.74, 6) is 0. The van der Waals surface area contributed by atoms with Crippen molar-refractivity contribution in [1.29, 1.82) is 0 Å². The Hall–Kier alpha value is -6.94. The van der Waals surface area contributed by atoms with Crippen LogP contribution in [-0.2, 0) is 0 Å². The molecular weight excluding hydrogens is 687 g/mol. The van der Waals surface area contributed by atoms with Crippen molar-refractivity contribution in [2.45, 2.75) is 0 Å². The summed E-state index contributed by atoms with van der Waals surface area (Å²) >= 11 is 1.87. The first-order valence-corrected chi connectivity index (χ1v) is 19.5. The second-order valence-electron chi connectivity index (χ2n) is 14.1. The number of rotatable bonds is 6. The first-order chi connectivity index (χ1) is 27.2. The van der Waals surface area contributed by atoms with Crippen LogP contribution in [-0.4, -0.2) is 0 Å². The fourth-order valence-corrected chi connectivity index (χ4v) is 9.37. The van der Waals surface area contributed by atoms with Crippen LogP contribution in [0.25, 0.3) is 86.3 Å². The van der Waals surface area contributed by atoms with Crippen molar-refractivity contribution < 1.29 is 4.42 Å². The molecule has 2 nitrogen and oxygen atoms in total. The van der Waals surface area contributed by atoms with Gasteiger partial charge in [0.1, 0.15) is 11.2 Å². The van der Waals surface area contributed by atoms with Crippen LogP contribution < -0.4 is 4.90 Å². The lowest BCUT2D eigenvalue weighted by Gasteiger charge is -2.26. The number of hydrogen-bond acceptors (Lipinski definition) is 3. The standard InChI is InChI=1S/C52H33NOS/c1-2-9-34(10-3-1)35-17-25-40(26-18-35)53(42-29-21-38(22-30-42)44-14-8-15-47-45-13-6-7-16-50(45)55-52(44)47)41-27-19-36(20-28-41)39-24-32-49-48(33-39)46-31-23-37-11-4-5-12-43(37)51(46)54-49/h1-33H. The van der Waals surface area contributed by atoms with Crippen LogP contribution in [0.4, 0.5) is 17.1 Å². The largest absolute Gasteiger partial charge is 0.455 e. The summed E-state index contributed by atoms with van der Waals surface area (Å²) in [6.45, 7) is 0. The molecule has 2 heterocycles. The number of furan rings is 1. The molecule has 0 spiro atoms. The van der Waals surface area contributed by atoms with E-state index in [2.05, 4.69) is 205 Å². The molecule has 3 heteroatoms. The van der Waals surface area contributed by atoms with E-state index >= 15 is 0 Å². The predicted octanol–water partition coefficient (Wildman–Crippen LogP) is 15.6. The van der Waals surface area contributed by atoms with E-state index in [1.54, 1.807) is 0 Å². The van der Waals surface area contributed by atoms with Crippen molar-refractivity contribution in [2.24, 2.45) is 0 Å². The van der Waals surface area contributed by atoms with Crippen LogP contribution in [0.15, 0.2) is 205 Å². The maximum absolute atomic E-state index is 6.41. The van der Waals surface area contributed by atoms with Gasteiger partial charge in [0, 0.05) is 53.4 Å². The fraction of sp³-hybridized carbons (Fsp3) is 0. The SMILES string of the molecule is c1ccc(-c2ccc(N(c3ccc(-c4ccc5oc6c7ccccc7ccc6c5c4)cc3)c3ccc(-c4cccc5c4sc4ccccc45)cc3)cc2)cc1. The molecule has 0 amide bonds. The highest BCUT2D eigenvalue weighted by Gasteiger charge is 2.16. The first-order valence-electron chi connectivity index (χ1n) is 18.7. The zero-order chi connectivity index (χ0) is 36.3. The zero-order valence-electron chi connectivity index (χ0n) is 29.8. The molecule has 11 aromatic rings. The van der Waals surface area contributed by atoms with Crippen LogP contribution >= 0.6 is 11.3 Å². The highest BCUT2D eigenvalue weighted by Crippen LogP contribution is 2.42. The maximum Gasteiger partial charge on any atom is 0.143 e. The minimum atomic E-state index is 0.906. The molecule has 0 N–H and O–H groups in total. The molecular formula is C52H33NOS. The van der Waals surface area contributed by atoms with Gasteiger partial charge >= 0.3 is 0 Å². The van der Waals surface area contributed by atoms with E-state index in [1.807, 2.05) is 11.3 Å². The van der Waals surface area contributed by atoms with Crippen molar-refractivity contribution in [3.05, 3.63) is 200 Å². The van der Waals surface area contributed by atoms with Gasteiger partial charge in [-0.05, 0) is 99.4 Å². The summed E-state index contributed by atoms with van der Waals surface area (Å²) in [4.78, 5) is 2.35. The molecule has 0 aliphatic rings. The fourth-order valence-electron chi connectivity index (χ4n) is 8.13. The molecule has 0 aliphatic heterocycles. The molecule has 0 atom stereocenters. The van der Waals surface area contributed by atoms with E-state index in [0.717, 1.165) is 55.5 Å². The lowest BCUT2D eigenvalue weighted by Crippen LogP contribution is -2.09. The van der Waals surface area contributed by atoms with Gasteiger partial charge in [0.15, 0.2) is 0 Å². The van der Waals surface area contributed by atoms with E-state index in [0.29, 0.717) is 0 Å². The van der Waals surface area contributed by atoms with Gasteiger partial charge in [-0.2, -0.15) is 0 Å². The zero-order valence-corrected chi connectivity index (χ0v) is 30.6. The summed E-state index contributed by atoms with van der Waals surface area (Å²) in [5, 5.41) is 7.24. The van der Waals surface area contributed by atoms with Gasteiger partial charge in [0.2, 0.25) is 0 Å². The number of thiophene rings is 1. The Morgan fingerprint density at radius 3 is 1.69 bits per heavy atom. The molecule has 0 saturated heterocycles. The van der Waals surface area contributed by atoms with Gasteiger partial charge in [-0.3, -0.25) is 0 Å². The molecule has 9 aromatic carbocycles. The highest BCUT2D eigenvalue weighted by molar-refractivity contribution is 7.26. The Labute approximate surface area is 322 Å². The van der Waals surface area contributed by atoms with E-state index in [4.69, 9.17) is 4.42 Å². The Morgan fingerprint density at radius 2 is 0.945 bits per heavy atom. The summed E-state index contributed by atoms with van der Waals surface area (Å²) in [6, 6.07) is 72.1. The second kappa shape index (κ2) is 12.9. The molecule has 11 rings (SSSR count). The highest BCUT2D eigenvalue weighted by atomic mass is 32.1. The Morgan fingerprint density at radius 1 is 0.364 bits per heavy atom. The molecule has 0 fully saturated rings. The second-order valence-corrected chi connectivity index (χ2v) is 15.2. The van der Waals surface area contributed by atoms with Gasteiger partial charge in [0.25, 0.3) is 0 Å². The third kappa shape index (κ3) is 5.40. The quantitative estimate of drug-likeness (QED) is 0.170. The predicted molar refractivity (Wildman–Crippen MR) is 235 cm³/mol. The van der Waals surface area contributed by atoms with Gasteiger partial charge in [0.05, 0.1) is 0 Å². The van der Waals surface area contributed by atoms with Crippen LogP contribution in [0.2, 0.25) is 0 Å². The molecule has 0 saturated carbocycles. The van der Waals surface area contributed by atoms with E-state index in [-0.39, 0.29) is 0 Å². The average Bonchev–Trinajstić information content (AvgIpc) is 3.84. The van der Waals surface area contributed by atoms with E-state index in [9.17, 15) is 0 Å². The van der Waals surface area contributed by atoms with Crippen LogP contribution in [0.3, 0.4) is 0 Å². The minimum absolute atomic E-state index is 0.906. The Kier molecular flexibility index (Phi) is 7.39. The molecule has 0 radical (unpaired) electrons. The lowest BCUT2D eigenvalue weighted by atomic mass is 10.0. The molecule has 258 valence electrons. The van der Waals surface area contributed by atoms with Crippen molar-refractivity contribution in [1.82, 2.24) is 0 Å². The topological polar surface area (TPSA) is 16.4 Å². The summed E-state index contributed by atoms with van der Waals surface area (Å²) in [5.41, 5.74) is 12.4. The summed E-state index contributed by atoms with van der Waals surface area (Å²) in [7, 11) is 0. The number of fused-ring (bicyclic) bond motifs is 8. The van der Waals surface area contributed by atoms with Crippen LogP contribution in [0.5, 0.6) is 0 Å². The molecule has 2 aromatic heterocycles. The van der Waals surface area contributed by atoms with Crippen molar-refractivity contribution in [2.75, 3.05) is 4.90 Å². The molecule has 0 bridgehead atoms. The van der Waals surface area contributed by atoms with E-state index < -0.39 is 0 Å². The number of benzene rings is 9. The smallest absolute Gasteiger partial charge is 0.143 e. The lowest BCUT2D eigenvalue weighted by molar-refractivity contribution is 0.672. The average molecular weight is 720 g/mol. The number of nitrogens with zero attached hydrogens (tertiary/aromatic N) is 1. The summed E-state index contributed by atoms with van der Waals surface area (Å²) < 4.78 is 9.06. The van der Waals surface area contributed by atoms with Gasteiger partial charge in [-0.25, -0.2) is 0 Å². The van der Waals surface area contributed by atoms with Gasteiger partial charge < -0.3 is 9.32 Å². The maximum atomic E-state index is 6.41. The Bertz CT molecular complexity index is 3170. The molecule has 0 aliphatic carbocycles. The van der Waals surface area contributed by atoms with Crippen LogP contribution in [0, 0.1) is 0 Å². The third-order valence-corrected chi connectivity index (χ3v) is 12.1. The minimum Gasteiger partial charge on any atom is -0.455 e. The number of anilines is 3. The van der Waals surface area contributed by atoms with Crippen molar-refractivity contribution in [3.63, 3.8) is 0 Å². The van der Waals surface area contributed by atoms with Crippen LogP contribution in [0.1, 0.15) is 0 Å². The van der Waals surface area contributed by atoms with E-state index in [1.165, 1.54) is 47.8 Å². The van der Waals surface area contributed by atoms with Crippen molar-refractivity contribution >= 4 is 81.3 Å². The van der Waals surface area contributed by atoms with Crippen molar-refractivity contribution in [3.8, 4) is 33.4 Å². The van der Waals surface area contributed by atoms with Gasteiger partial charge in [-0.1, -0.05) is 140 Å². The van der Waals surface area contributed by atoms with Gasteiger partial charge in [-0.15, -0.1) is 11.3 Å². The monoisotopic (exact) mass is 719 g/mol. The first kappa shape index (κ1) is 31.6. The normalized spacial score (nSPS) is 11.6. The molecule has 0 unspecified atom stereocenters. The third-order valence-electron chi connectivity index (χ3n) is 10.9. The molecule has 55 heavy (non-hydrogen) atoms. The number of hydrogen-bond donors (Lipinski definition) is 0.